The SMILES string of the molecule is CCC(CCCl)NC(=O)Cc1ccccc1O. The van der Waals surface area contributed by atoms with Gasteiger partial charge in [0.2, 0.25) is 5.91 Å². The Morgan fingerprint density at radius 1 is 1.47 bits per heavy atom. The van der Waals surface area contributed by atoms with Crippen molar-refractivity contribution in [2.24, 2.45) is 0 Å². The van der Waals surface area contributed by atoms with E-state index in [4.69, 9.17) is 11.6 Å². The van der Waals surface area contributed by atoms with E-state index in [1.807, 2.05) is 6.92 Å². The van der Waals surface area contributed by atoms with Gasteiger partial charge in [-0.15, -0.1) is 11.6 Å². The minimum absolute atomic E-state index is 0.0801. The summed E-state index contributed by atoms with van der Waals surface area (Å²) in [5.74, 6) is 0.617. The van der Waals surface area contributed by atoms with Crippen LogP contribution in [-0.4, -0.2) is 22.9 Å². The molecule has 0 saturated carbocycles. The summed E-state index contributed by atoms with van der Waals surface area (Å²) < 4.78 is 0. The van der Waals surface area contributed by atoms with Gasteiger partial charge in [0.15, 0.2) is 0 Å². The lowest BCUT2D eigenvalue weighted by Crippen LogP contribution is -2.35. The predicted molar refractivity (Wildman–Crippen MR) is 69.4 cm³/mol. The number of rotatable bonds is 6. The first-order valence-electron chi connectivity index (χ1n) is 5.79. The van der Waals surface area contributed by atoms with Crippen LogP contribution in [0.2, 0.25) is 0 Å². The fourth-order valence-electron chi connectivity index (χ4n) is 1.62. The Kier molecular flexibility index (Phi) is 5.84. The van der Waals surface area contributed by atoms with Crippen LogP contribution in [-0.2, 0) is 11.2 Å². The number of nitrogens with one attached hydrogen (secondary N) is 1. The fraction of sp³-hybridized carbons (Fsp3) is 0.462. The van der Waals surface area contributed by atoms with Crippen LogP contribution in [0.25, 0.3) is 0 Å². The molecule has 2 N–H and O–H groups in total. The molecular weight excluding hydrogens is 238 g/mol. The number of phenolic OH excluding ortho intramolecular Hbond substituents is 1. The van der Waals surface area contributed by atoms with E-state index < -0.39 is 0 Å². The van der Waals surface area contributed by atoms with Crippen molar-refractivity contribution in [1.82, 2.24) is 5.32 Å². The second-order valence-electron chi connectivity index (χ2n) is 3.96. The lowest BCUT2D eigenvalue weighted by atomic mass is 10.1. The van der Waals surface area contributed by atoms with Gasteiger partial charge in [-0.1, -0.05) is 25.1 Å². The van der Waals surface area contributed by atoms with Crippen molar-refractivity contribution in [3.05, 3.63) is 29.8 Å². The van der Waals surface area contributed by atoms with Crippen molar-refractivity contribution < 1.29 is 9.90 Å². The first-order valence-corrected chi connectivity index (χ1v) is 6.33. The predicted octanol–water partition coefficient (Wildman–Crippen LogP) is 2.46. The molecule has 3 nitrogen and oxygen atoms in total. The second-order valence-corrected chi connectivity index (χ2v) is 4.33. The molecule has 0 aliphatic carbocycles. The van der Waals surface area contributed by atoms with E-state index in [1.165, 1.54) is 0 Å². The smallest absolute Gasteiger partial charge is 0.224 e. The average Bonchev–Trinajstić information content (AvgIpc) is 2.31. The van der Waals surface area contributed by atoms with Crippen LogP contribution < -0.4 is 5.32 Å². The Morgan fingerprint density at radius 3 is 2.76 bits per heavy atom. The first-order chi connectivity index (χ1) is 8.17. The van der Waals surface area contributed by atoms with E-state index in [-0.39, 0.29) is 24.1 Å². The number of aromatic hydroxyl groups is 1. The van der Waals surface area contributed by atoms with Gasteiger partial charge in [0.05, 0.1) is 6.42 Å². The molecule has 0 fully saturated rings. The highest BCUT2D eigenvalue weighted by atomic mass is 35.5. The summed E-state index contributed by atoms with van der Waals surface area (Å²) in [6.07, 6.45) is 1.83. The zero-order valence-electron chi connectivity index (χ0n) is 9.95. The van der Waals surface area contributed by atoms with Gasteiger partial charge in [-0.25, -0.2) is 0 Å². The molecule has 1 rings (SSSR count). The number of para-hydroxylation sites is 1. The molecule has 1 atom stereocenters. The average molecular weight is 256 g/mol. The van der Waals surface area contributed by atoms with Gasteiger partial charge in [0.25, 0.3) is 0 Å². The Balaban J connectivity index is 2.52. The molecule has 0 aromatic heterocycles. The van der Waals surface area contributed by atoms with E-state index in [2.05, 4.69) is 5.32 Å². The summed E-state index contributed by atoms with van der Waals surface area (Å²) in [6.45, 7) is 2.01. The van der Waals surface area contributed by atoms with Crippen LogP contribution in [0, 0.1) is 0 Å². The highest BCUT2D eigenvalue weighted by Crippen LogP contribution is 2.16. The number of carbonyl (C=O) groups is 1. The van der Waals surface area contributed by atoms with E-state index >= 15 is 0 Å². The van der Waals surface area contributed by atoms with Crippen molar-refractivity contribution in [3.8, 4) is 5.75 Å². The molecule has 0 saturated heterocycles. The summed E-state index contributed by atoms with van der Waals surface area (Å²) in [6, 6.07) is 6.99. The third kappa shape index (κ3) is 4.65. The summed E-state index contributed by atoms with van der Waals surface area (Å²) in [7, 11) is 0. The van der Waals surface area contributed by atoms with Crippen LogP contribution in [0.4, 0.5) is 0 Å². The van der Waals surface area contributed by atoms with E-state index in [1.54, 1.807) is 24.3 Å². The largest absolute Gasteiger partial charge is 0.508 e. The van der Waals surface area contributed by atoms with Crippen molar-refractivity contribution in [1.29, 1.82) is 0 Å². The molecule has 0 aliphatic heterocycles. The molecule has 94 valence electrons. The van der Waals surface area contributed by atoms with Gasteiger partial charge in [0, 0.05) is 17.5 Å². The molecule has 1 amide bonds. The van der Waals surface area contributed by atoms with Crippen LogP contribution in [0.3, 0.4) is 0 Å². The molecule has 0 aliphatic rings. The molecule has 17 heavy (non-hydrogen) atoms. The number of carbonyl (C=O) groups excluding carboxylic acids is 1. The zero-order valence-corrected chi connectivity index (χ0v) is 10.7. The zero-order chi connectivity index (χ0) is 12.7. The number of benzene rings is 1. The molecule has 1 aromatic rings. The molecule has 0 spiro atoms. The summed E-state index contributed by atoms with van der Waals surface area (Å²) in [5, 5.41) is 12.5. The van der Waals surface area contributed by atoms with Crippen LogP contribution in [0.15, 0.2) is 24.3 Å². The Labute approximate surface area is 107 Å². The highest BCUT2D eigenvalue weighted by molar-refractivity contribution is 6.17. The quantitative estimate of drug-likeness (QED) is 0.768. The van der Waals surface area contributed by atoms with Gasteiger partial charge >= 0.3 is 0 Å². The Bertz CT molecular complexity index is 368. The number of hydrogen-bond acceptors (Lipinski definition) is 2. The third-order valence-electron chi connectivity index (χ3n) is 2.66. The van der Waals surface area contributed by atoms with Gasteiger partial charge in [-0.3, -0.25) is 4.79 Å². The molecule has 1 aromatic carbocycles. The first kappa shape index (κ1) is 13.8. The molecule has 0 heterocycles. The Hall–Kier alpha value is -1.22. The number of phenols is 1. The van der Waals surface area contributed by atoms with E-state index in [0.29, 0.717) is 11.4 Å². The van der Waals surface area contributed by atoms with Gasteiger partial charge in [0.1, 0.15) is 5.75 Å². The number of hydrogen-bond donors (Lipinski definition) is 2. The number of amides is 1. The number of halogens is 1. The maximum atomic E-state index is 11.7. The molecular formula is C13H18ClNO2. The van der Waals surface area contributed by atoms with E-state index in [9.17, 15) is 9.90 Å². The van der Waals surface area contributed by atoms with Crippen molar-refractivity contribution >= 4 is 17.5 Å². The standard InChI is InChI=1S/C13H18ClNO2/c1-2-11(7-8-14)15-13(17)9-10-5-3-4-6-12(10)16/h3-6,11,16H,2,7-9H2,1H3,(H,15,17). The van der Waals surface area contributed by atoms with Crippen LogP contribution in [0.5, 0.6) is 5.75 Å². The van der Waals surface area contributed by atoms with Crippen LogP contribution >= 0.6 is 11.6 Å². The molecule has 0 radical (unpaired) electrons. The lowest BCUT2D eigenvalue weighted by Gasteiger charge is -2.15. The van der Waals surface area contributed by atoms with Gasteiger partial charge in [-0.2, -0.15) is 0 Å². The monoisotopic (exact) mass is 255 g/mol. The highest BCUT2D eigenvalue weighted by Gasteiger charge is 2.11. The van der Waals surface area contributed by atoms with Crippen LogP contribution in [0.1, 0.15) is 25.3 Å². The van der Waals surface area contributed by atoms with Gasteiger partial charge < -0.3 is 10.4 Å². The van der Waals surface area contributed by atoms with Crippen molar-refractivity contribution in [3.63, 3.8) is 0 Å². The molecule has 0 bridgehead atoms. The number of alkyl halides is 1. The molecule has 1 unspecified atom stereocenters. The molecule has 4 heteroatoms. The fourth-order valence-corrected chi connectivity index (χ4v) is 1.89. The normalized spacial score (nSPS) is 12.1. The third-order valence-corrected chi connectivity index (χ3v) is 2.88. The maximum Gasteiger partial charge on any atom is 0.224 e. The Morgan fingerprint density at radius 2 is 2.18 bits per heavy atom. The van der Waals surface area contributed by atoms with Crippen molar-refractivity contribution in [2.75, 3.05) is 5.88 Å². The topological polar surface area (TPSA) is 49.3 Å². The maximum absolute atomic E-state index is 11.7. The minimum Gasteiger partial charge on any atom is -0.508 e. The summed E-state index contributed by atoms with van der Waals surface area (Å²) >= 11 is 5.65. The minimum atomic E-state index is -0.0801. The van der Waals surface area contributed by atoms with Gasteiger partial charge in [-0.05, 0) is 18.9 Å². The van der Waals surface area contributed by atoms with Crippen molar-refractivity contribution in [2.45, 2.75) is 32.2 Å². The lowest BCUT2D eigenvalue weighted by molar-refractivity contribution is -0.121. The van der Waals surface area contributed by atoms with E-state index in [0.717, 1.165) is 12.8 Å². The summed E-state index contributed by atoms with van der Waals surface area (Å²) in [4.78, 5) is 11.7. The second kappa shape index (κ2) is 7.17. The summed E-state index contributed by atoms with van der Waals surface area (Å²) in [5.41, 5.74) is 0.644.